The Bertz CT molecular complexity index is 1120. The van der Waals surface area contributed by atoms with Gasteiger partial charge in [0.25, 0.3) is 5.88 Å². The minimum absolute atomic E-state index is 0.255. The van der Waals surface area contributed by atoms with Crippen LogP contribution in [-0.2, 0) is 20.9 Å². The molecular formula is C22H27N7O6. The van der Waals surface area contributed by atoms with E-state index < -0.39 is 23.9 Å². The van der Waals surface area contributed by atoms with Gasteiger partial charge in [-0.15, -0.1) is 5.10 Å². The summed E-state index contributed by atoms with van der Waals surface area (Å²) in [7, 11) is 0. The molecule has 13 nitrogen and oxygen atoms in total. The van der Waals surface area contributed by atoms with E-state index in [1.54, 1.807) is 18.5 Å². The second kappa shape index (κ2) is 11.5. The lowest BCUT2D eigenvalue weighted by atomic mass is 10.2. The van der Waals surface area contributed by atoms with Crippen molar-refractivity contribution in [3.8, 4) is 11.8 Å². The van der Waals surface area contributed by atoms with Crippen LogP contribution in [0.1, 0.15) is 26.2 Å². The third-order valence-electron chi connectivity index (χ3n) is 5.41. The first-order valence-electron chi connectivity index (χ1n) is 11.5. The van der Waals surface area contributed by atoms with Gasteiger partial charge in [0.05, 0.1) is 0 Å². The Morgan fingerprint density at radius 2 is 1.69 bits per heavy atom. The summed E-state index contributed by atoms with van der Waals surface area (Å²) in [5.74, 6) is -1.45. The van der Waals surface area contributed by atoms with Gasteiger partial charge in [0.15, 0.2) is 0 Å². The number of carbonyl (C=O) groups is 2. The van der Waals surface area contributed by atoms with Gasteiger partial charge in [-0.05, 0) is 25.5 Å². The first-order valence-corrected chi connectivity index (χ1v) is 11.5. The minimum Gasteiger partial charge on any atom is -0.433 e. The van der Waals surface area contributed by atoms with Gasteiger partial charge in [0.2, 0.25) is 12.2 Å². The summed E-state index contributed by atoms with van der Waals surface area (Å²) in [5, 5.41) is 4.04. The van der Waals surface area contributed by atoms with Crippen molar-refractivity contribution in [2.45, 2.75) is 39.0 Å². The number of cyclic esters (lactones) is 1. The Balaban J connectivity index is 1.37. The topological polar surface area (TPSA) is 142 Å². The van der Waals surface area contributed by atoms with Gasteiger partial charge in [0, 0.05) is 63.7 Å². The molecule has 2 aliphatic rings. The summed E-state index contributed by atoms with van der Waals surface area (Å²) in [6.07, 6.45) is 5.95. The van der Waals surface area contributed by atoms with Crippen molar-refractivity contribution in [1.82, 2.24) is 29.6 Å². The molecule has 2 aromatic rings. The Kier molecular flexibility index (Phi) is 7.98. The van der Waals surface area contributed by atoms with Gasteiger partial charge in [-0.3, -0.25) is 4.90 Å². The first kappa shape index (κ1) is 24.3. The molecule has 0 aromatic carbocycles. The molecule has 0 spiro atoms. The molecule has 2 aromatic heterocycles. The maximum Gasteiger partial charge on any atom is 0.367 e. The Morgan fingerprint density at radius 1 is 0.943 bits per heavy atom. The number of hydrogen-bond donors (Lipinski definition) is 0. The summed E-state index contributed by atoms with van der Waals surface area (Å²) in [5.41, 5.74) is -0.653. The number of hydrogen-bond acceptors (Lipinski definition) is 12. The van der Waals surface area contributed by atoms with E-state index in [4.69, 9.17) is 14.2 Å². The Labute approximate surface area is 201 Å². The van der Waals surface area contributed by atoms with Crippen LogP contribution in [0, 0.1) is 0 Å². The highest BCUT2D eigenvalue weighted by Gasteiger charge is 2.25. The smallest absolute Gasteiger partial charge is 0.367 e. The van der Waals surface area contributed by atoms with Crippen molar-refractivity contribution in [1.29, 1.82) is 0 Å². The van der Waals surface area contributed by atoms with E-state index in [-0.39, 0.29) is 11.8 Å². The van der Waals surface area contributed by atoms with E-state index in [0.29, 0.717) is 25.8 Å². The molecule has 4 heterocycles. The predicted octanol–water partition coefficient (Wildman–Crippen LogP) is 0.164. The summed E-state index contributed by atoms with van der Waals surface area (Å²) >= 11 is 0. The molecule has 35 heavy (non-hydrogen) atoms. The van der Waals surface area contributed by atoms with E-state index in [1.165, 1.54) is 0 Å². The minimum atomic E-state index is -1.03. The van der Waals surface area contributed by atoms with Crippen LogP contribution in [0.3, 0.4) is 0 Å². The van der Waals surface area contributed by atoms with Gasteiger partial charge < -0.3 is 19.1 Å². The lowest BCUT2D eigenvalue weighted by Gasteiger charge is -2.34. The van der Waals surface area contributed by atoms with Crippen molar-refractivity contribution in [2.75, 3.05) is 37.6 Å². The number of aromatic nitrogens is 5. The number of anilines is 1. The third kappa shape index (κ3) is 6.59. The Hall–Kier alpha value is -3.87. The summed E-state index contributed by atoms with van der Waals surface area (Å²) in [4.78, 5) is 53.2. The van der Waals surface area contributed by atoms with Crippen molar-refractivity contribution in [3.05, 3.63) is 41.1 Å². The van der Waals surface area contributed by atoms with Gasteiger partial charge in [0.1, 0.15) is 0 Å². The van der Waals surface area contributed by atoms with Crippen LogP contribution in [0.5, 0.6) is 11.8 Å². The van der Waals surface area contributed by atoms with Crippen LogP contribution in [0.2, 0.25) is 0 Å². The monoisotopic (exact) mass is 485 g/mol. The second-order valence-electron chi connectivity index (χ2n) is 7.99. The number of fused-ring (bicyclic) bond motifs is 1. The van der Waals surface area contributed by atoms with Crippen LogP contribution in [0.15, 0.2) is 35.4 Å². The van der Waals surface area contributed by atoms with E-state index in [9.17, 15) is 14.4 Å². The fraction of sp³-hybridized carbons (Fsp3) is 0.500. The number of carbonyl (C=O) groups excluding carboxylic acids is 2. The van der Waals surface area contributed by atoms with Crippen molar-refractivity contribution in [2.24, 2.45) is 0 Å². The predicted molar refractivity (Wildman–Crippen MR) is 122 cm³/mol. The standard InChI is InChI=1S/C22H27N7O6/c1-2-10-29-22(32)25-19-20(26-29)34-17(31)7-6-16(30)33-18(35-19)5-3-11-27-12-14-28(15-13-27)21-23-8-4-9-24-21/h4,6-9,18H,2-3,5,10-15H2,1H3/b7-6+. The quantitative estimate of drug-likeness (QED) is 0.493. The first-order chi connectivity index (χ1) is 17.0. The molecule has 1 fully saturated rings. The maximum atomic E-state index is 12.3. The molecule has 0 radical (unpaired) electrons. The molecule has 1 saturated heterocycles. The summed E-state index contributed by atoms with van der Waals surface area (Å²) < 4.78 is 17.3. The fourth-order valence-corrected chi connectivity index (χ4v) is 3.69. The molecule has 186 valence electrons. The average molecular weight is 486 g/mol. The van der Waals surface area contributed by atoms with Crippen LogP contribution in [0.4, 0.5) is 5.95 Å². The zero-order chi connectivity index (χ0) is 24.6. The highest BCUT2D eigenvalue weighted by molar-refractivity contribution is 5.92. The molecular weight excluding hydrogens is 458 g/mol. The molecule has 0 aliphatic carbocycles. The fourth-order valence-electron chi connectivity index (χ4n) is 3.69. The Morgan fingerprint density at radius 3 is 2.43 bits per heavy atom. The molecule has 1 unspecified atom stereocenters. The molecule has 1 atom stereocenters. The van der Waals surface area contributed by atoms with Gasteiger partial charge in [-0.1, -0.05) is 6.92 Å². The largest absolute Gasteiger partial charge is 0.433 e. The number of piperazine rings is 1. The SMILES string of the molecule is CCCn1nc2c(nc1=O)OC(CCCN1CCN(c3ncccn3)CC1)OC(=O)/C=C/C(=O)O2. The van der Waals surface area contributed by atoms with Crippen molar-refractivity contribution in [3.63, 3.8) is 0 Å². The van der Waals surface area contributed by atoms with Crippen molar-refractivity contribution < 1.29 is 23.8 Å². The second-order valence-corrected chi connectivity index (χ2v) is 7.99. The maximum absolute atomic E-state index is 12.3. The van der Waals surface area contributed by atoms with E-state index in [0.717, 1.165) is 55.5 Å². The molecule has 0 saturated carbocycles. The highest BCUT2D eigenvalue weighted by Crippen LogP contribution is 2.23. The normalized spacial score (nSPS) is 19.8. The van der Waals surface area contributed by atoms with E-state index in [2.05, 4.69) is 29.9 Å². The molecule has 0 bridgehead atoms. The number of rotatable bonds is 7. The lowest BCUT2D eigenvalue weighted by Crippen LogP contribution is -2.47. The molecule has 13 heteroatoms. The number of nitrogens with zero attached hydrogens (tertiary/aromatic N) is 7. The van der Waals surface area contributed by atoms with Crippen LogP contribution in [-0.4, -0.2) is 80.6 Å². The molecule has 4 rings (SSSR count). The summed E-state index contributed by atoms with van der Waals surface area (Å²) in [6.45, 7) is 6.22. The number of ether oxygens (including phenoxy) is 3. The number of esters is 2. The van der Waals surface area contributed by atoms with Crippen LogP contribution < -0.4 is 20.1 Å². The third-order valence-corrected chi connectivity index (χ3v) is 5.41. The summed E-state index contributed by atoms with van der Waals surface area (Å²) in [6, 6.07) is 1.79. The zero-order valence-corrected chi connectivity index (χ0v) is 19.4. The lowest BCUT2D eigenvalue weighted by molar-refractivity contribution is -0.160. The van der Waals surface area contributed by atoms with Crippen LogP contribution >= 0.6 is 0 Å². The van der Waals surface area contributed by atoms with Crippen LogP contribution in [0.25, 0.3) is 0 Å². The zero-order valence-electron chi connectivity index (χ0n) is 19.4. The average Bonchev–Trinajstić information content (AvgIpc) is 2.86. The molecule has 0 N–H and O–H groups in total. The van der Waals surface area contributed by atoms with E-state index >= 15 is 0 Å². The number of aryl methyl sites for hydroxylation is 1. The van der Waals surface area contributed by atoms with E-state index in [1.807, 2.05) is 6.92 Å². The molecule has 2 aliphatic heterocycles. The van der Waals surface area contributed by atoms with Crippen molar-refractivity contribution >= 4 is 17.9 Å². The molecule has 0 amide bonds. The van der Waals surface area contributed by atoms with Gasteiger partial charge >= 0.3 is 23.5 Å². The van der Waals surface area contributed by atoms with Gasteiger partial charge in [-0.2, -0.15) is 4.98 Å². The highest BCUT2D eigenvalue weighted by atomic mass is 16.7. The van der Waals surface area contributed by atoms with Gasteiger partial charge in [-0.25, -0.2) is 29.0 Å².